The molecule has 0 bridgehead atoms. The second-order valence-corrected chi connectivity index (χ2v) is 5.53. The maximum Gasteiger partial charge on any atom is 0.265 e. The van der Waals surface area contributed by atoms with Crippen LogP contribution in [-0.4, -0.2) is 5.91 Å². The Kier molecular flexibility index (Phi) is 5.75. The monoisotopic (exact) mass is 314 g/mol. The number of nitrogens with one attached hydrogen (secondary N) is 2. The first-order valence-corrected chi connectivity index (χ1v) is 7.47. The summed E-state index contributed by atoms with van der Waals surface area (Å²) in [4.78, 5) is 12.1. The maximum absolute atomic E-state index is 12.1. The van der Waals surface area contributed by atoms with Gasteiger partial charge in [0.2, 0.25) is 0 Å². The van der Waals surface area contributed by atoms with Crippen LogP contribution in [0.3, 0.4) is 0 Å². The summed E-state index contributed by atoms with van der Waals surface area (Å²) in [5, 5.41) is 0.685. The van der Waals surface area contributed by atoms with Gasteiger partial charge in [-0.15, -0.1) is 6.58 Å². The van der Waals surface area contributed by atoms with E-state index in [9.17, 15) is 4.79 Å². The van der Waals surface area contributed by atoms with E-state index in [-0.39, 0.29) is 11.9 Å². The molecule has 0 saturated carbocycles. The number of rotatable bonds is 6. The Morgan fingerprint density at radius 3 is 2.41 bits per heavy atom. The number of amides is 1. The van der Waals surface area contributed by atoms with Crippen LogP contribution in [-0.2, 0) is 0 Å². The maximum atomic E-state index is 12.1. The van der Waals surface area contributed by atoms with Gasteiger partial charge in [-0.1, -0.05) is 47.5 Å². The number of benzene rings is 2. The van der Waals surface area contributed by atoms with Gasteiger partial charge < -0.3 is 0 Å². The zero-order valence-electron chi connectivity index (χ0n) is 12.5. The summed E-state index contributed by atoms with van der Waals surface area (Å²) < 4.78 is 0. The van der Waals surface area contributed by atoms with E-state index in [1.54, 1.807) is 12.1 Å². The van der Waals surface area contributed by atoms with Crippen molar-refractivity contribution in [1.29, 1.82) is 0 Å². The molecule has 2 rings (SSSR count). The summed E-state index contributed by atoms with van der Waals surface area (Å²) >= 11 is 5.90. The number of hydrogen-bond acceptors (Lipinski definition) is 2. The molecule has 0 heterocycles. The minimum Gasteiger partial charge on any atom is -0.287 e. The Morgan fingerprint density at radius 1 is 1.18 bits per heavy atom. The lowest BCUT2D eigenvalue weighted by atomic mass is 10.0. The van der Waals surface area contributed by atoms with Crippen LogP contribution in [0.4, 0.5) is 0 Å². The molecule has 1 atom stereocenters. The lowest BCUT2D eigenvalue weighted by Crippen LogP contribution is -2.39. The minimum atomic E-state index is -0.164. The molecule has 1 amide bonds. The van der Waals surface area contributed by atoms with Crippen molar-refractivity contribution in [2.45, 2.75) is 19.4 Å². The van der Waals surface area contributed by atoms with Crippen molar-refractivity contribution in [2.24, 2.45) is 0 Å². The molecule has 0 aliphatic rings. The molecule has 0 aromatic heterocycles. The largest absolute Gasteiger partial charge is 0.287 e. The Balaban J connectivity index is 2.02. The number of carbonyl (C=O) groups excluding carboxylic acids is 1. The molecule has 1 unspecified atom stereocenters. The van der Waals surface area contributed by atoms with E-state index < -0.39 is 0 Å². The molecule has 0 radical (unpaired) electrons. The van der Waals surface area contributed by atoms with Crippen LogP contribution in [0.2, 0.25) is 5.02 Å². The van der Waals surface area contributed by atoms with Gasteiger partial charge in [0.05, 0.1) is 6.04 Å². The standard InChI is InChI=1S/C18H19ClN2O/c1-3-4-17(14-9-11-16(19)12-10-14)20-21-18(22)15-7-5-13(2)6-8-15/h3,5-12,17,20H,1,4H2,2H3,(H,21,22). The van der Waals surface area contributed by atoms with Crippen molar-refractivity contribution in [3.8, 4) is 0 Å². The molecule has 0 aliphatic carbocycles. The highest BCUT2D eigenvalue weighted by Crippen LogP contribution is 2.19. The molecule has 0 aliphatic heterocycles. The highest BCUT2D eigenvalue weighted by molar-refractivity contribution is 6.30. The molecular weight excluding hydrogens is 296 g/mol. The quantitative estimate of drug-likeness (QED) is 0.620. The number of hydrazine groups is 1. The Morgan fingerprint density at radius 2 is 1.82 bits per heavy atom. The van der Waals surface area contributed by atoms with E-state index >= 15 is 0 Å². The van der Waals surface area contributed by atoms with E-state index in [0.29, 0.717) is 17.0 Å². The van der Waals surface area contributed by atoms with Gasteiger partial charge in [-0.3, -0.25) is 10.2 Å². The molecule has 2 aromatic rings. The molecule has 3 nitrogen and oxygen atoms in total. The first-order valence-electron chi connectivity index (χ1n) is 7.09. The normalized spacial score (nSPS) is 11.7. The Hall–Kier alpha value is -2.10. The molecule has 22 heavy (non-hydrogen) atoms. The van der Waals surface area contributed by atoms with Gasteiger partial charge >= 0.3 is 0 Å². The highest BCUT2D eigenvalue weighted by atomic mass is 35.5. The number of hydrogen-bond donors (Lipinski definition) is 2. The third kappa shape index (κ3) is 4.45. The third-order valence-electron chi connectivity index (χ3n) is 3.35. The molecule has 0 fully saturated rings. The van der Waals surface area contributed by atoms with Crippen LogP contribution in [0.1, 0.15) is 33.9 Å². The molecule has 114 valence electrons. The fourth-order valence-electron chi connectivity index (χ4n) is 2.07. The predicted octanol–water partition coefficient (Wildman–Crippen LogP) is 4.20. The zero-order chi connectivity index (χ0) is 15.9. The Labute approximate surface area is 136 Å². The molecule has 2 aromatic carbocycles. The van der Waals surface area contributed by atoms with E-state index in [1.165, 1.54) is 0 Å². The molecule has 4 heteroatoms. The summed E-state index contributed by atoms with van der Waals surface area (Å²) in [6.07, 6.45) is 2.50. The van der Waals surface area contributed by atoms with Gasteiger partial charge in [-0.05, 0) is 43.2 Å². The minimum absolute atomic E-state index is 0.0517. The predicted molar refractivity (Wildman–Crippen MR) is 90.8 cm³/mol. The van der Waals surface area contributed by atoms with Crippen molar-refractivity contribution < 1.29 is 4.79 Å². The molecular formula is C18H19ClN2O. The highest BCUT2D eigenvalue weighted by Gasteiger charge is 2.11. The average molecular weight is 315 g/mol. The Bertz CT molecular complexity index is 635. The van der Waals surface area contributed by atoms with Crippen molar-refractivity contribution in [2.75, 3.05) is 0 Å². The fourth-order valence-corrected chi connectivity index (χ4v) is 2.20. The first kappa shape index (κ1) is 16.3. The van der Waals surface area contributed by atoms with Crippen LogP contribution < -0.4 is 10.9 Å². The summed E-state index contributed by atoms with van der Waals surface area (Å²) in [6, 6.07) is 14.9. The zero-order valence-corrected chi connectivity index (χ0v) is 13.2. The van der Waals surface area contributed by atoms with E-state index in [2.05, 4.69) is 17.4 Å². The van der Waals surface area contributed by atoms with Crippen molar-refractivity contribution in [1.82, 2.24) is 10.9 Å². The van der Waals surface area contributed by atoms with Gasteiger partial charge in [-0.25, -0.2) is 5.43 Å². The van der Waals surface area contributed by atoms with Crippen molar-refractivity contribution >= 4 is 17.5 Å². The molecule has 2 N–H and O–H groups in total. The van der Waals surface area contributed by atoms with Gasteiger partial charge in [0.25, 0.3) is 5.91 Å². The van der Waals surface area contributed by atoms with Crippen molar-refractivity contribution in [3.05, 3.63) is 82.9 Å². The summed E-state index contributed by atoms with van der Waals surface area (Å²) in [5.41, 5.74) is 8.58. The van der Waals surface area contributed by atoms with Crippen LogP contribution in [0.25, 0.3) is 0 Å². The van der Waals surface area contributed by atoms with Crippen LogP contribution in [0, 0.1) is 6.92 Å². The second-order valence-electron chi connectivity index (χ2n) is 5.09. The second kappa shape index (κ2) is 7.78. The molecule has 0 spiro atoms. The average Bonchev–Trinajstić information content (AvgIpc) is 2.53. The molecule has 0 saturated heterocycles. The van der Waals surface area contributed by atoms with Gasteiger partial charge in [0, 0.05) is 10.6 Å². The topological polar surface area (TPSA) is 41.1 Å². The first-order chi connectivity index (χ1) is 10.6. The number of halogens is 1. The summed E-state index contributed by atoms with van der Waals surface area (Å²) in [7, 11) is 0. The lowest BCUT2D eigenvalue weighted by molar-refractivity contribution is 0.0925. The van der Waals surface area contributed by atoms with E-state index in [4.69, 9.17) is 11.6 Å². The lowest BCUT2D eigenvalue weighted by Gasteiger charge is -2.18. The SMILES string of the molecule is C=CCC(NNC(=O)c1ccc(C)cc1)c1ccc(Cl)cc1. The third-order valence-corrected chi connectivity index (χ3v) is 3.60. The number of aryl methyl sites for hydroxylation is 1. The van der Waals surface area contributed by atoms with Crippen molar-refractivity contribution in [3.63, 3.8) is 0 Å². The van der Waals surface area contributed by atoms with Crippen LogP contribution >= 0.6 is 11.6 Å². The van der Waals surface area contributed by atoms with Gasteiger partial charge in [0.15, 0.2) is 0 Å². The number of carbonyl (C=O) groups is 1. The van der Waals surface area contributed by atoms with Gasteiger partial charge in [0.1, 0.15) is 0 Å². The van der Waals surface area contributed by atoms with Gasteiger partial charge in [-0.2, -0.15) is 0 Å². The smallest absolute Gasteiger partial charge is 0.265 e. The summed E-state index contributed by atoms with van der Waals surface area (Å²) in [6.45, 7) is 5.75. The van der Waals surface area contributed by atoms with E-state index in [0.717, 1.165) is 11.1 Å². The van der Waals surface area contributed by atoms with Crippen LogP contribution in [0.15, 0.2) is 61.2 Å². The van der Waals surface area contributed by atoms with E-state index in [1.807, 2.05) is 49.4 Å². The van der Waals surface area contributed by atoms with Crippen LogP contribution in [0.5, 0.6) is 0 Å². The fraction of sp³-hybridized carbons (Fsp3) is 0.167. The summed E-state index contributed by atoms with van der Waals surface area (Å²) in [5.74, 6) is -0.164.